The van der Waals surface area contributed by atoms with Crippen molar-refractivity contribution >= 4 is 22.8 Å². The summed E-state index contributed by atoms with van der Waals surface area (Å²) in [5.74, 6) is 0.997. The Morgan fingerprint density at radius 2 is 2.33 bits per heavy atom. The second-order valence-electron chi connectivity index (χ2n) is 4.78. The third-order valence-corrected chi connectivity index (χ3v) is 2.91. The van der Waals surface area contributed by atoms with E-state index in [1.165, 1.54) is 0 Å². The number of aliphatic imine (C=N–C) groups is 1. The van der Waals surface area contributed by atoms with Gasteiger partial charge < -0.3 is 10.6 Å². The van der Waals surface area contributed by atoms with Crippen molar-refractivity contribution in [3.05, 3.63) is 0 Å². The third-order valence-electron chi connectivity index (χ3n) is 1.72. The average molecular weight is 229 g/mol. The van der Waals surface area contributed by atoms with E-state index in [-0.39, 0.29) is 18.0 Å². The number of hydrogen-bond acceptors (Lipinski definition) is 3. The normalized spacial score (nSPS) is 24.0. The lowest BCUT2D eigenvalue weighted by Gasteiger charge is -2.19. The summed E-state index contributed by atoms with van der Waals surface area (Å²) < 4.78 is 0. The predicted molar refractivity (Wildman–Crippen MR) is 65.3 cm³/mol. The van der Waals surface area contributed by atoms with Gasteiger partial charge in [0.1, 0.15) is 6.54 Å². The van der Waals surface area contributed by atoms with Crippen molar-refractivity contribution in [2.45, 2.75) is 39.3 Å². The fourth-order valence-corrected chi connectivity index (χ4v) is 2.12. The van der Waals surface area contributed by atoms with Crippen LogP contribution in [0.4, 0.5) is 0 Å². The van der Waals surface area contributed by atoms with Gasteiger partial charge in [-0.1, -0.05) is 11.8 Å². The van der Waals surface area contributed by atoms with Crippen molar-refractivity contribution < 1.29 is 4.79 Å². The SMILES string of the molecule is CC1CSC(=NCC(=O)NC(C)(C)C)N1. The maximum absolute atomic E-state index is 11.4. The molecule has 0 aromatic heterocycles. The number of rotatable bonds is 2. The quantitative estimate of drug-likeness (QED) is 0.742. The summed E-state index contributed by atoms with van der Waals surface area (Å²) in [6.45, 7) is 8.19. The Bertz CT molecular complexity index is 270. The fourth-order valence-electron chi connectivity index (χ4n) is 1.19. The number of amidine groups is 1. The van der Waals surface area contributed by atoms with Crippen LogP contribution >= 0.6 is 11.8 Å². The molecular formula is C10H19N3OS. The van der Waals surface area contributed by atoms with Crippen LogP contribution in [0.3, 0.4) is 0 Å². The minimum atomic E-state index is -0.180. The van der Waals surface area contributed by atoms with Crippen molar-refractivity contribution in [3.8, 4) is 0 Å². The topological polar surface area (TPSA) is 53.5 Å². The molecule has 15 heavy (non-hydrogen) atoms. The van der Waals surface area contributed by atoms with Crippen molar-refractivity contribution in [1.29, 1.82) is 0 Å². The first-order valence-electron chi connectivity index (χ1n) is 5.11. The highest BCUT2D eigenvalue weighted by Gasteiger charge is 2.17. The zero-order valence-corrected chi connectivity index (χ0v) is 10.6. The standard InChI is InChI=1S/C10H19N3OS/c1-7-6-15-9(12-7)11-5-8(14)13-10(2,3)4/h7H,5-6H2,1-4H3,(H,11,12)(H,13,14). The zero-order chi connectivity index (χ0) is 11.5. The molecule has 1 rings (SSSR count). The molecule has 5 heteroatoms. The molecule has 1 atom stereocenters. The number of nitrogens with zero attached hydrogens (tertiary/aromatic N) is 1. The zero-order valence-electron chi connectivity index (χ0n) is 9.76. The van der Waals surface area contributed by atoms with Gasteiger partial charge in [0, 0.05) is 17.3 Å². The minimum Gasteiger partial charge on any atom is -0.362 e. The van der Waals surface area contributed by atoms with E-state index in [0.29, 0.717) is 6.04 Å². The first kappa shape index (κ1) is 12.4. The fraction of sp³-hybridized carbons (Fsp3) is 0.800. The maximum atomic E-state index is 11.4. The highest BCUT2D eigenvalue weighted by atomic mass is 32.2. The number of carbonyl (C=O) groups excluding carboxylic acids is 1. The molecule has 0 aromatic carbocycles. The molecular weight excluding hydrogens is 210 g/mol. The first-order valence-corrected chi connectivity index (χ1v) is 6.10. The van der Waals surface area contributed by atoms with Crippen LogP contribution in [0.15, 0.2) is 4.99 Å². The molecule has 2 N–H and O–H groups in total. The Kier molecular flexibility index (Phi) is 4.02. The molecule has 1 unspecified atom stereocenters. The van der Waals surface area contributed by atoms with Crippen LogP contribution in [0.5, 0.6) is 0 Å². The van der Waals surface area contributed by atoms with Crippen LogP contribution in [-0.2, 0) is 4.79 Å². The maximum Gasteiger partial charge on any atom is 0.242 e. The van der Waals surface area contributed by atoms with Crippen LogP contribution in [0.2, 0.25) is 0 Å². The Labute approximate surface area is 95.3 Å². The van der Waals surface area contributed by atoms with Gasteiger partial charge in [-0.2, -0.15) is 0 Å². The lowest BCUT2D eigenvalue weighted by atomic mass is 10.1. The molecule has 1 heterocycles. The monoisotopic (exact) mass is 229 g/mol. The summed E-state index contributed by atoms with van der Waals surface area (Å²) in [6.07, 6.45) is 0. The number of amides is 1. The van der Waals surface area contributed by atoms with Crippen molar-refractivity contribution in [2.24, 2.45) is 4.99 Å². The molecule has 0 bridgehead atoms. The lowest BCUT2D eigenvalue weighted by molar-refractivity contribution is -0.121. The first-order chi connectivity index (χ1) is 6.87. The van der Waals surface area contributed by atoms with E-state index in [0.717, 1.165) is 10.9 Å². The van der Waals surface area contributed by atoms with Crippen LogP contribution in [-0.4, -0.2) is 35.0 Å². The number of hydrogen-bond donors (Lipinski definition) is 2. The summed E-state index contributed by atoms with van der Waals surface area (Å²) in [7, 11) is 0. The van der Waals surface area contributed by atoms with E-state index in [1.54, 1.807) is 11.8 Å². The Hall–Kier alpha value is -0.710. The van der Waals surface area contributed by atoms with E-state index in [9.17, 15) is 4.79 Å². The molecule has 0 radical (unpaired) electrons. The van der Waals surface area contributed by atoms with Gasteiger partial charge in [-0.25, -0.2) is 0 Å². The molecule has 0 saturated carbocycles. The second-order valence-corrected chi connectivity index (χ2v) is 5.78. The Morgan fingerprint density at radius 1 is 1.67 bits per heavy atom. The second kappa shape index (κ2) is 4.88. The Balaban J connectivity index is 2.34. The van der Waals surface area contributed by atoms with Gasteiger partial charge in [-0.15, -0.1) is 0 Å². The average Bonchev–Trinajstić information content (AvgIpc) is 2.45. The molecule has 1 fully saturated rings. The van der Waals surface area contributed by atoms with Crippen molar-refractivity contribution in [2.75, 3.05) is 12.3 Å². The van der Waals surface area contributed by atoms with Gasteiger partial charge in [0.15, 0.2) is 5.17 Å². The number of thioether (sulfide) groups is 1. The number of carbonyl (C=O) groups is 1. The van der Waals surface area contributed by atoms with Crippen LogP contribution in [0, 0.1) is 0 Å². The number of nitrogens with one attached hydrogen (secondary N) is 2. The van der Waals surface area contributed by atoms with Gasteiger partial charge in [0.05, 0.1) is 0 Å². The summed E-state index contributed by atoms with van der Waals surface area (Å²) in [5, 5.41) is 6.96. The summed E-state index contributed by atoms with van der Waals surface area (Å²) in [5.41, 5.74) is -0.180. The minimum absolute atomic E-state index is 0.0306. The van der Waals surface area contributed by atoms with E-state index in [1.807, 2.05) is 20.8 Å². The molecule has 86 valence electrons. The van der Waals surface area contributed by atoms with E-state index in [2.05, 4.69) is 22.5 Å². The highest BCUT2D eigenvalue weighted by Crippen LogP contribution is 2.12. The van der Waals surface area contributed by atoms with E-state index < -0.39 is 0 Å². The van der Waals surface area contributed by atoms with Crippen molar-refractivity contribution in [1.82, 2.24) is 10.6 Å². The van der Waals surface area contributed by atoms with E-state index in [4.69, 9.17) is 0 Å². The van der Waals surface area contributed by atoms with Crippen LogP contribution in [0.1, 0.15) is 27.7 Å². The Morgan fingerprint density at radius 3 is 2.80 bits per heavy atom. The van der Waals surface area contributed by atoms with Gasteiger partial charge in [0.2, 0.25) is 5.91 Å². The van der Waals surface area contributed by atoms with Gasteiger partial charge in [-0.3, -0.25) is 9.79 Å². The summed E-state index contributed by atoms with van der Waals surface area (Å²) >= 11 is 1.67. The molecule has 1 saturated heterocycles. The molecule has 0 aliphatic carbocycles. The summed E-state index contributed by atoms with van der Waals surface area (Å²) in [4.78, 5) is 15.7. The molecule has 0 spiro atoms. The molecule has 1 amide bonds. The smallest absolute Gasteiger partial charge is 0.242 e. The van der Waals surface area contributed by atoms with Gasteiger partial charge in [0.25, 0.3) is 0 Å². The molecule has 1 aliphatic heterocycles. The van der Waals surface area contributed by atoms with Gasteiger partial charge in [-0.05, 0) is 27.7 Å². The van der Waals surface area contributed by atoms with E-state index >= 15 is 0 Å². The molecule has 1 aliphatic rings. The van der Waals surface area contributed by atoms with Crippen LogP contribution in [0.25, 0.3) is 0 Å². The summed E-state index contributed by atoms with van der Waals surface area (Å²) in [6, 6.07) is 0.458. The molecule has 0 aromatic rings. The van der Waals surface area contributed by atoms with Gasteiger partial charge >= 0.3 is 0 Å². The largest absolute Gasteiger partial charge is 0.362 e. The molecule has 4 nitrogen and oxygen atoms in total. The van der Waals surface area contributed by atoms with Crippen molar-refractivity contribution in [3.63, 3.8) is 0 Å². The van der Waals surface area contributed by atoms with Crippen LogP contribution < -0.4 is 10.6 Å². The predicted octanol–water partition coefficient (Wildman–Crippen LogP) is 0.982. The highest BCUT2D eigenvalue weighted by molar-refractivity contribution is 8.14. The third kappa shape index (κ3) is 5.06. The lowest BCUT2D eigenvalue weighted by Crippen LogP contribution is -2.42.